The summed E-state index contributed by atoms with van der Waals surface area (Å²) < 4.78 is 5.33. The number of aliphatic hydroxyl groups excluding tert-OH is 1. The van der Waals surface area contributed by atoms with Crippen molar-refractivity contribution in [3.05, 3.63) is 28.8 Å². The predicted octanol–water partition coefficient (Wildman–Crippen LogP) is 2.16. The molecule has 22 heavy (non-hydrogen) atoms. The first-order valence-corrected chi connectivity index (χ1v) is 9.22. The van der Waals surface area contributed by atoms with Gasteiger partial charge in [-0.25, -0.2) is 0 Å². The zero-order valence-corrected chi connectivity index (χ0v) is 14.2. The Kier molecular flexibility index (Phi) is 6.02. The molecule has 3 rings (SSSR count). The molecule has 1 fully saturated rings. The summed E-state index contributed by atoms with van der Waals surface area (Å²) in [6, 6.07) is 6.38. The Hall–Kier alpha value is -0.300. The van der Waals surface area contributed by atoms with E-state index in [0.717, 1.165) is 43.5 Å². The zero-order chi connectivity index (χ0) is 15.4. The molecule has 2 atom stereocenters. The standard InChI is InChI=1S/C16H23ClN2O2S/c17-12-1-2-16-14(9-12)15(3-8-22-16)18-10-13(20)11-19-4-6-21-7-5-19/h1-2,9,13,15,18,20H,3-8,10-11H2/t13-,15+/m1/s1. The molecule has 0 radical (unpaired) electrons. The van der Waals surface area contributed by atoms with Gasteiger partial charge in [-0.2, -0.15) is 0 Å². The highest BCUT2D eigenvalue weighted by Gasteiger charge is 2.22. The number of aliphatic hydroxyl groups is 1. The normalized spacial score (nSPS) is 24.0. The van der Waals surface area contributed by atoms with Crippen molar-refractivity contribution in [2.24, 2.45) is 0 Å². The fourth-order valence-electron chi connectivity index (χ4n) is 3.00. The fraction of sp³-hybridized carbons (Fsp3) is 0.625. The zero-order valence-electron chi connectivity index (χ0n) is 12.6. The van der Waals surface area contributed by atoms with Crippen LogP contribution in [0, 0.1) is 0 Å². The van der Waals surface area contributed by atoms with Crippen LogP contribution in [0.2, 0.25) is 5.02 Å². The quantitative estimate of drug-likeness (QED) is 0.858. The Labute approximate surface area is 141 Å². The first-order valence-electron chi connectivity index (χ1n) is 7.86. The molecule has 0 saturated carbocycles. The molecular formula is C16H23ClN2O2S. The van der Waals surface area contributed by atoms with Crippen molar-refractivity contribution in [2.45, 2.75) is 23.5 Å². The van der Waals surface area contributed by atoms with Crippen LogP contribution in [-0.2, 0) is 4.74 Å². The van der Waals surface area contributed by atoms with Crippen LogP contribution < -0.4 is 5.32 Å². The van der Waals surface area contributed by atoms with E-state index in [1.165, 1.54) is 10.5 Å². The number of benzene rings is 1. The van der Waals surface area contributed by atoms with Gasteiger partial charge in [0.1, 0.15) is 0 Å². The van der Waals surface area contributed by atoms with Gasteiger partial charge in [-0.3, -0.25) is 4.90 Å². The average molecular weight is 343 g/mol. The van der Waals surface area contributed by atoms with Gasteiger partial charge in [-0.1, -0.05) is 11.6 Å². The topological polar surface area (TPSA) is 44.7 Å². The van der Waals surface area contributed by atoms with Gasteiger partial charge >= 0.3 is 0 Å². The number of ether oxygens (including phenoxy) is 1. The van der Waals surface area contributed by atoms with Crippen molar-refractivity contribution in [1.82, 2.24) is 10.2 Å². The molecule has 2 aliphatic rings. The first-order chi connectivity index (χ1) is 10.7. The molecule has 2 N–H and O–H groups in total. The van der Waals surface area contributed by atoms with Gasteiger partial charge in [-0.15, -0.1) is 11.8 Å². The van der Waals surface area contributed by atoms with Gasteiger partial charge in [-0.05, 0) is 35.9 Å². The van der Waals surface area contributed by atoms with Crippen molar-refractivity contribution in [3.63, 3.8) is 0 Å². The van der Waals surface area contributed by atoms with Crippen molar-refractivity contribution in [2.75, 3.05) is 45.1 Å². The molecule has 1 saturated heterocycles. The minimum Gasteiger partial charge on any atom is -0.390 e. The summed E-state index contributed by atoms with van der Waals surface area (Å²) in [6.07, 6.45) is 0.720. The lowest BCUT2D eigenvalue weighted by molar-refractivity contribution is 0.0144. The van der Waals surface area contributed by atoms with Crippen LogP contribution in [0.15, 0.2) is 23.1 Å². The molecular weight excluding hydrogens is 320 g/mol. The summed E-state index contributed by atoms with van der Waals surface area (Å²) in [6.45, 7) is 4.68. The summed E-state index contributed by atoms with van der Waals surface area (Å²) >= 11 is 8.01. The van der Waals surface area contributed by atoms with Gasteiger partial charge < -0.3 is 15.2 Å². The minimum atomic E-state index is -0.352. The van der Waals surface area contributed by atoms with Crippen molar-refractivity contribution in [3.8, 4) is 0 Å². The van der Waals surface area contributed by atoms with E-state index in [1.54, 1.807) is 0 Å². The van der Waals surface area contributed by atoms with Crippen LogP contribution in [0.5, 0.6) is 0 Å². The molecule has 1 aromatic rings. The minimum absolute atomic E-state index is 0.286. The number of β-amino-alcohol motifs (C(OH)–C–C–N with tert-alkyl or cyclic N) is 1. The molecule has 0 aromatic heterocycles. The number of nitrogens with zero attached hydrogens (tertiary/aromatic N) is 1. The van der Waals surface area contributed by atoms with Crippen molar-refractivity contribution < 1.29 is 9.84 Å². The van der Waals surface area contributed by atoms with E-state index in [4.69, 9.17) is 16.3 Å². The van der Waals surface area contributed by atoms with E-state index < -0.39 is 0 Å². The van der Waals surface area contributed by atoms with E-state index in [1.807, 2.05) is 17.8 Å². The summed E-state index contributed by atoms with van der Waals surface area (Å²) in [7, 11) is 0. The predicted molar refractivity (Wildman–Crippen MR) is 90.8 cm³/mol. The number of hydrogen-bond acceptors (Lipinski definition) is 5. The molecule has 0 unspecified atom stereocenters. The highest BCUT2D eigenvalue weighted by molar-refractivity contribution is 7.99. The van der Waals surface area contributed by atoms with E-state index in [9.17, 15) is 5.11 Å². The third-order valence-corrected chi connectivity index (χ3v) is 5.54. The number of rotatable bonds is 5. The second kappa shape index (κ2) is 7.99. The van der Waals surface area contributed by atoms with Crippen molar-refractivity contribution >= 4 is 23.4 Å². The van der Waals surface area contributed by atoms with E-state index in [0.29, 0.717) is 13.1 Å². The van der Waals surface area contributed by atoms with Gasteiger partial charge in [0, 0.05) is 42.1 Å². The smallest absolute Gasteiger partial charge is 0.0791 e. The highest BCUT2D eigenvalue weighted by atomic mass is 35.5. The van der Waals surface area contributed by atoms with Gasteiger partial charge in [0.25, 0.3) is 0 Å². The fourth-order valence-corrected chi connectivity index (χ4v) is 4.29. The van der Waals surface area contributed by atoms with Crippen LogP contribution in [0.4, 0.5) is 0 Å². The van der Waals surface area contributed by atoms with Crippen LogP contribution in [0.1, 0.15) is 18.0 Å². The second-order valence-electron chi connectivity index (χ2n) is 5.85. The summed E-state index contributed by atoms with van der Waals surface area (Å²) in [4.78, 5) is 3.56. The van der Waals surface area contributed by atoms with Crippen LogP contribution in [0.3, 0.4) is 0 Å². The third-order valence-electron chi connectivity index (χ3n) is 4.18. The van der Waals surface area contributed by atoms with Crippen LogP contribution in [0.25, 0.3) is 0 Å². The molecule has 2 heterocycles. The number of halogens is 1. The van der Waals surface area contributed by atoms with E-state index in [-0.39, 0.29) is 12.1 Å². The molecule has 1 aromatic carbocycles. The van der Waals surface area contributed by atoms with Crippen molar-refractivity contribution in [1.29, 1.82) is 0 Å². The van der Waals surface area contributed by atoms with Crippen LogP contribution in [-0.4, -0.2) is 61.3 Å². The lowest BCUT2D eigenvalue weighted by atomic mass is 10.0. The Morgan fingerprint density at radius 2 is 2.23 bits per heavy atom. The maximum Gasteiger partial charge on any atom is 0.0791 e. The Morgan fingerprint density at radius 3 is 3.05 bits per heavy atom. The van der Waals surface area contributed by atoms with E-state index >= 15 is 0 Å². The lowest BCUT2D eigenvalue weighted by Gasteiger charge is -2.30. The van der Waals surface area contributed by atoms with Gasteiger partial charge in [0.2, 0.25) is 0 Å². The number of hydrogen-bond donors (Lipinski definition) is 2. The number of thioether (sulfide) groups is 1. The Bertz CT molecular complexity index is 497. The third kappa shape index (κ3) is 4.37. The lowest BCUT2D eigenvalue weighted by Crippen LogP contribution is -2.44. The molecule has 0 amide bonds. The molecule has 0 aliphatic carbocycles. The average Bonchev–Trinajstić information content (AvgIpc) is 2.54. The molecule has 0 bridgehead atoms. The molecule has 2 aliphatic heterocycles. The first kappa shape index (κ1) is 16.6. The number of nitrogens with one attached hydrogen (secondary N) is 1. The van der Waals surface area contributed by atoms with Crippen LogP contribution >= 0.6 is 23.4 Å². The number of fused-ring (bicyclic) bond motifs is 1. The maximum absolute atomic E-state index is 10.3. The second-order valence-corrected chi connectivity index (χ2v) is 7.42. The summed E-state index contributed by atoms with van der Waals surface area (Å²) in [5.41, 5.74) is 1.27. The highest BCUT2D eigenvalue weighted by Crippen LogP contribution is 2.37. The summed E-state index contributed by atoms with van der Waals surface area (Å²) in [5.74, 6) is 1.10. The SMILES string of the molecule is O[C@H](CN[C@H]1CCSc2ccc(Cl)cc21)CN1CCOCC1. The Balaban J connectivity index is 1.52. The van der Waals surface area contributed by atoms with Gasteiger partial charge in [0.05, 0.1) is 19.3 Å². The van der Waals surface area contributed by atoms with E-state index in [2.05, 4.69) is 22.3 Å². The maximum atomic E-state index is 10.3. The largest absolute Gasteiger partial charge is 0.390 e. The van der Waals surface area contributed by atoms with Gasteiger partial charge in [0.15, 0.2) is 0 Å². The molecule has 0 spiro atoms. The monoisotopic (exact) mass is 342 g/mol. The molecule has 6 heteroatoms. The Morgan fingerprint density at radius 1 is 1.41 bits per heavy atom. The molecule has 4 nitrogen and oxygen atoms in total. The summed E-state index contributed by atoms with van der Waals surface area (Å²) in [5, 5.41) is 14.6. The molecule has 122 valence electrons. The number of morpholine rings is 1.